The molecule has 1 aliphatic heterocycles. The van der Waals surface area contributed by atoms with Crippen molar-refractivity contribution in [2.75, 3.05) is 6.54 Å². The summed E-state index contributed by atoms with van der Waals surface area (Å²) >= 11 is 0. The molecular formula is C12H11NO. The number of allylic oxidation sites excluding steroid dienone is 1. The van der Waals surface area contributed by atoms with Crippen LogP contribution in [0, 0.1) is 0 Å². The van der Waals surface area contributed by atoms with Gasteiger partial charge in [-0.3, -0.25) is 9.79 Å². The van der Waals surface area contributed by atoms with E-state index in [0.29, 0.717) is 11.3 Å². The van der Waals surface area contributed by atoms with E-state index in [4.69, 9.17) is 0 Å². The van der Waals surface area contributed by atoms with Gasteiger partial charge in [0, 0.05) is 12.1 Å². The number of aliphatic imine (C=N–C) groups is 1. The predicted octanol–water partition coefficient (Wildman–Crippen LogP) is 2.27. The molecule has 1 aliphatic rings. The predicted molar refractivity (Wildman–Crippen MR) is 56.8 cm³/mol. The standard InChI is InChI=1S/C12H11NO/c14-12(10-6-2-1-3-7-10)11-8-4-5-9-13-11/h1-4,6-8H,5,9H2. The van der Waals surface area contributed by atoms with Gasteiger partial charge in [0.25, 0.3) is 0 Å². The van der Waals surface area contributed by atoms with Crippen molar-refractivity contribution in [2.45, 2.75) is 6.42 Å². The lowest BCUT2D eigenvalue weighted by Gasteiger charge is -2.04. The van der Waals surface area contributed by atoms with Gasteiger partial charge in [-0.1, -0.05) is 36.4 Å². The first-order valence-electron chi connectivity index (χ1n) is 4.68. The van der Waals surface area contributed by atoms with Gasteiger partial charge < -0.3 is 0 Å². The Labute approximate surface area is 83.0 Å². The van der Waals surface area contributed by atoms with Gasteiger partial charge in [-0.2, -0.15) is 0 Å². The van der Waals surface area contributed by atoms with Crippen molar-refractivity contribution in [1.29, 1.82) is 0 Å². The van der Waals surface area contributed by atoms with Crippen LogP contribution in [-0.2, 0) is 0 Å². The number of nitrogens with zero attached hydrogens (tertiary/aromatic N) is 1. The summed E-state index contributed by atoms with van der Waals surface area (Å²) < 4.78 is 0. The molecule has 0 saturated carbocycles. The molecule has 0 bridgehead atoms. The lowest BCUT2D eigenvalue weighted by molar-refractivity contribution is 0.106. The largest absolute Gasteiger partial charge is 0.287 e. The number of benzene rings is 1. The van der Waals surface area contributed by atoms with Gasteiger partial charge in [0.05, 0.1) is 0 Å². The van der Waals surface area contributed by atoms with Gasteiger partial charge in [-0.25, -0.2) is 0 Å². The maximum absolute atomic E-state index is 11.8. The molecule has 1 aromatic rings. The van der Waals surface area contributed by atoms with Gasteiger partial charge >= 0.3 is 0 Å². The molecule has 0 saturated heterocycles. The smallest absolute Gasteiger partial charge is 0.210 e. The van der Waals surface area contributed by atoms with Crippen LogP contribution in [0.4, 0.5) is 0 Å². The third-order valence-corrected chi connectivity index (χ3v) is 2.12. The fraction of sp³-hybridized carbons (Fsp3) is 0.167. The average molecular weight is 185 g/mol. The van der Waals surface area contributed by atoms with Crippen LogP contribution in [0.3, 0.4) is 0 Å². The van der Waals surface area contributed by atoms with Crippen LogP contribution in [0.25, 0.3) is 0 Å². The van der Waals surface area contributed by atoms with E-state index in [1.165, 1.54) is 0 Å². The van der Waals surface area contributed by atoms with Crippen molar-refractivity contribution >= 4 is 11.5 Å². The van der Waals surface area contributed by atoms with Gasteiger partial charge in [-0.05, 0) is 12.5 Å². The van der Waals surface area contributed by atoms with Gasteiger partial charge in [0.1, 0.15) is 5.71 Å². The molecule has 14 heavy (non-hydrogen) atoms. The summed E-state index contributed by atoms with van der Waals surface area (Å²) in [5, 5.41) is 0. The molecule has 0 unspecified atom stereocenters. The second-order valence-electron chi connectivity index (χ2n) is 3.15. The highest BCUT2D eigenvalue weighted by Gasteiger charge is 2.11. The van der Waals surface area contributed by atoms with E-state index < -0.39 is 0 Å². The average Bonchev–Trinajstić information content (AvgIpc) is 2.30. The Balaban J connectivity index is 2.25. The minimum atomic E-state index is 0.0153. The number of hydrogen-bond acceptors (Lipinski definition) is 2. The van der Waals surface area contributed by atoms with Crippen LogP contribution >= 0.6 is 0 Å². The molecule has 0 amide bonds. The maximum Gasteiger partial charge on any atom is 0.210 e. The second-order valence-corrected chi connectivity index (χ2v) is 3.15. The van der Waals surface area contributed by atoms with Crippen LogP contribution in [0.2, 0.25) is 0 Å². The zero-order valence-corrected chi connectivity index (χ0v) is 7.81. The lowest BCUT2D eigenvalue weighted by Crippen LogP contribution is -2.14. The summed E-state index contributed by atoms with van der Waals surface area (Å²) in [6.07, 6.45) is 4.73. The molecular weight excluding hydrogens is 174 g/mol. The number of Topliss-reactive ketones (excluding diaryl/α,β-unsaturated/α-hetero) is 1. The molecule has 0 spiro atoms. The Hall–Kier alpha value is -1.70. The zero-order valence-electron chi connectivity index (χ0n) is 7.81. The van der Waals surface area contributed by atoms with E-state index in [1.54, 1.807) is 6.08 Å². The van der Waals surface area contributed by atoms with Crippen molar-refractivity contribution in [2.24, 2.45) is 4.99 Å². The highest BCUT2D eigenvalue weighted by molar-refractivity contribution is 6.49. The number of carbonyl (C=O) groups excluding carboxylic acids is 1. The van der Waals surface area contributed by atoms with Crippen LogP contribution < -0.4 is 0 Å². The fourth-order valence-corrected chi connectivity index (χ4v) is 1.39. The normalized spacial score (nSPS) is 15.0. The minimum absolute atomic E-state index is 0.0153. The topological polar surface area (TPSA) is 29.4 Å². The third-order valence-electron chi connectivity index (χ3n) is 2.12. The van der Waals surface area contributed by atoms with E-state index >= 15 is 0 Å². The summed E-state index contributed by atoms with van der Waals surface area (Å²) in [6, 6.07) is 9.25. The molecule has 2 rings (SSSR count). The highest BCUT2D eigenvalue weighted by Crippen LogP contribution is 2.05. The number of carbonyl (C=O) groups is 1. The number of hydrogen-bond donors (Lipinski definition) is 0. The Bertz CT molecular complexity index is 390. The Morgan fingerprint density at radius 3 is 2.64 bits per heavy atom. The molecule has 0 radical (unpaired) electrons. The molecule has 0 aliphatic carbocycles. The van der Waals surface area contributed by atoms with E-state index in [0.717, 1.165) is 13.0 Å². The molecule has 1 aromatic carbocycles. The first-order chi connectivity index (χ1) is 6.88. The van der Waals surface area contributed by atoms with Gasteiger partial charge in [0.2, 0.25) is 5.78 Å². The molecule has 1 heterocycles. The molecule has 2 nitrogen and oxygen atoms in total. The zero-order chi connectivity index (χ0) is 9.80. The maximum atomic E-state index is 11.8. The van der Waals surface area contributed by atoms with E-state index in [9.17, 15) is 4.79 Å². The quantitative estimate of drug-likeness (QED) is 0.650. The van der Waals surface area contributed by atoms with Gasteiger partial charge in [0.15, 0.2) is 0 Å². The van der Waals surface area contributed by atoms with Crippen molar-refractivity contribution in [3.8, 4) is 0 Å². The van der Waals surface area contributed by atoms with Crippen molar-refractivity contribution < 1.29 is 4.79 Å². The minimum Gasteiger partial charge on any atom is -0.287 e. The van der Waals surface area contributed by atoms with E-state index in [2.05, 4.69) is 4.99 Å². The molecule has 0 aromatic heterocycles. The molecule has 0 N–H and O–H groups in total. The first kappa shape index (κ1) is 8.88. The first-order valence-corrected chi connectivity index (χ1v) is 4.68. The molecule has 0 fully saturated rings. The molecule has 0 atom stereocenters. The van der Waals surface area contributed by atoms with Crippen molar-refractivity contribution in [3.63, 3.8) is 0 Å². The Morgan fingerprint density at radius 1 is 1.21 bits per heavy atom. The molecule has 2 heteroatoms. The summed E-state index contributed by atoms with van der Waals surface area (Å²) in [7, 11) is 0. The van der Waals surface area contributed by atoms with Crippen LogP contribution in [0.5, 0.6) is 0 Å². The van der Waals surface area contributed by atoms with Crippen LogP contribution in [0.1, 0.15) is 16.8 Å². The Morgan fingerprint density at radius 2 is 2.00 bits per heavy atom. The van der Waals surface area contributed by atoms with Crippen LogP contribution in [-0.4, -0.2) is 18.0 Å². The third kappa shape index (κ3) is 1.79. The number of rotatable bonds is 2. The number of dihydropyridines is 1. The fourth-order valence-electron chi connectivity index (χ4n) is 1.39. The van der Waals surface area contributed by atoms with Crippen molar-refractivity contribution in [1.82, 2.24) is 0 Å². The Kier molecular flexibility index (Phi) is 2.54. The number of ketones is 1. The van der Waals surface area contributed by atoms with E-state index in [1.807, 2.05) is 36.4 Å². The second kappa shape index (κ2) is 4.01. The summed E-state index contributed by atoms with van der Waals surface area (Å²) in [5.74, 6) is 0.0153. The van der Waals surface area contributed by atoms with Crippen molar-refractivity contribution in [3.05, 3.63) is 48.0 Å². The highest BCUT2D eigenvalue weighted by atomic mass is 16.1. The lowest BCUT2D eigenvalue weighted by atomic mass is 10.1. The monoisotopic (exact) mass is 185 g/mol. The van der Waals surface area contributed by atoms with Crippen LogP contribution in [0.15, 0.2) is 47.5 Å². The summed E-state index contributed by atoms with van der Waals surface area (Å²) in [5.41, 5.74) is 1.28. The SMILES string of the molecule is O=C(C1=NCCC=C1)c1ccccc1. The summed E-state index contributed by atoms with van der Waals surface area (Å²) in [4.78, 5) is 16.0. The van der Waals surface area contributed by atoms with E-state index in [-0.39, 0.29) is 5.78 Å². The summed E-state index contributed by atoms with van der Waals surface area (Å²) in [6.45, 7) is 0.727. The molecule has 70 valence electrons. The van der Waals surface area contributed by atoms with Gasteiger partial charge in [-0.15, -0.1) is 0 Å².